The fourth-order valence-electron chi connectivity index (χ4n) is 12.5. The highest BCUT2D eigenvalue weighted by Gasteiger charge is 2.21. The molecule has 0 radical (unpaired) electrons. The molecule has 15 rings (SSSR count). The summed E-state index contributed by atoms with van der Waals surface area (Å²) in [5.74, 6) is 0. The Labute approximate surface area is 459 Å². The van der Waals surface area contributed by atoms with E-state index >= 15 is 0 Å². The summed E-state index contributed by atoms with van der Waals surface area (Å²) in [7, 11) is 0. The van der Waals surface area contributed by atoms with Gasteiger partial charge in [0.05, 0.1) is 33.1 Å². The van der Waals surface area contributed by atoms with E-state index in [4.69, 9.17) is 0 Å². The number of para-hydroxylation sites is 2. The SMILES string of the molecule is C=Cc1ccc(-n2c3ccccc3c3cc(-c4cc(-c5ccc6c(c5)c5ccccc5n6-c5ccc(C(C)(C)C)cc5)cc(-n5c6ccc(-c7ccccc7)cc6c6cc(-c7ccc8ccccc8c7)ccc65)c4)ccc32)cc1. The van der Waals surface area contributed by atoms with Gasteiger partial charge in [-0.2, -0.15) is 0 Å². The molecule has 0 saturated carbocycles. The molecule has 0 saturated heterocycles. The number of rotatable bonds is 8. The molecule has 12 aromatic carbocycles. The molecule has 374 valence electrons. The summed E-state index contributed by atoms with van der Waals surface area (Å²) >= 11 is 0. The van der Waals surface area contributed by atoms with Crippen molar-refractivity contribution in [2.75, 3.05) is 0 Å². The number of fused-ring (bicyclic) bond motifs is 10. The molecule has 3 heteroatoms. The third-order valence-electron chi connectivity index (χ3n) is 16.5. The zero-order valence-corrected chi connectivity index (χ0v) is 44.5. The Morgan fingerprint density at radius 1 is 0.278 bits per heavy atom. The molecular weight excluding hydrogens is 955 g/mol. The average Bonchev–Trinajstić information content (AvgIpc) is 3.95. The van der Waals surface area contributed by atoms with Gasteiger partial charge in [0.2, 0.25) is 0 Å². The fraction of sp³-hybridized carbons (Fsp3) is 0.0526. The van der Waals surface area contributed by atoms with E-state index in [0.29, 0.717) is 0 Å². The van der Waals surface area contributed by atoms with E-state index in [1.54, 1.807) is 0 Å². The van der Waals surface area contributed by atoms with Gasteiger partial charge in [0.15, 0.2) is 0 Å². The van der Waals surface area contributed by atoms with Crippen LogP contribution in [0.1, 0.15) is 31.9 Å². The van der Waals surface area contributed by atoms with Crippen LogP contribution in [0.25, 0.3) is 144 Å². The highest BCUT2D eigenvalue weighted by molar-refractivity contribution is 6.14. The summed E-state index contributed by atoms with van der Waals surface area (Å²) in [4.78, 5) is 0. The normalized spacial score (nSPS) is 12.0. The standard InChI is InChI=1S/C76H55N3/c1-5-49-23-33-61(34-24-49)77-70-21-13-11-19-64(70)66-47-56(29-39-72(66)77)58-42-59(57-30-40-73-67(48-57)65-20-12-14-22-71(65)78(73)62-35-31-60(32-36-62)76(2,3)4)44-63(43-58)79-74-37-27-54(50-15-7-6-8-16-50)45-68(74)69-46-55(28-38-75(69)79)53-26-25-51-17-9-10-18-52(51)41-53/h5-48H,1H2,2-4H3. The maximum atomic E-state index is 4.01. The van der Waals surface area contributed by atoms with Gasteiger partial charge in [0.1, 0.15) is 0 Å². The molecule has 0 aliphatic carbocycles. The van der Waals surface area contributed by atoms with Crippen LogP contribution < -0.4 is 0 Å². The van der Waals surface area contributed by atoms with Crippen molar-refractivity contribution in [2.24, 2.45) is 0 Å². The topological polar surface area (TPSA) is 14.8 Å². The van der Waals surface area contributed by atoms with Crippen molar-refractivity contribution >= 4 is 82.3 Å². The Morgan fingerprint density at radius 2 is 0.671 bits per heavy atom. The van der Waals surface area contributed by atoms with E-state index in [9.17, 15) is 0 Å². The van der Waals surface area contributed by atoms with Crippen LogP contribution in [0.15, 0.2) is 267 Å². The van der Waals surface area contributed by atoms with Gasteiger partial charge in [-0.25, -0.2) is 0 Å². The Kier molecular flexibility index (Phi) is 10.6. The molecule has 0 aliphatic heterocycles. The van der Waals surface area contributed by atoms with Crippen LogP contribution in [0.4, 0.5) is 0 Å². The average molecular weight is 1010 g/mol. The van der Waals surface area contributed by atoms with Crippen molar-refractivity contribution in [2.45, 2.75) is 26.2 Å². The predicted molar refractivity (Wildman–Crippen MR) is 338 cm³/mol. The molecule has 3 heterocycles. The molecule has 0 atom stereocenters. The number of hydrogen-bond donors (Lipinski definition) is 0. The van der Waals surface area contributed by atoms with Gasteiger partial charge in [-0.1, -0.05) is 185 Å². The van der Waals surface area contributed by atoms with Gasteiger partial charge in [0.25, 0.3) is 0 Å². The maximum Gasteiger partial charge on any atom is 0.0541 e. The van der Waals surface area contributed by atoms with Crippen molar-refractivity contribution in [3.63, 3.8) is 0 Å². The number of hydrogen-bond acceptors (Lipinski definition) is 0. The fourth-order valence-corrected chi connectivity index (χ4v) is 12.5. The van der Waals surface area contributed by atoms with E-state index in [0.717, 1.165) is 55.9 Å². The quantitative estimate of drug-likeness (QED) is 0.144. The van der Waals surface area contributed by atoms with E-state index in [1.807, 2.05) is 6.08 Å². The van der Waals surface area contributed by atoms with Crippen molar-refractivity contribution in [1.29, 1.82) is 0 Å². The molecule has 0 fully saturated rings. The number of benzene rings is 12. The van der Waals surface area contributed by atoms with Crippen LogP contribution in [0.3, 0.4) is 0 Å². The minimum atomic E-state index is 0.0653. The molecule has 0 amide bonds. The first kappa shape index (κ1) is 46.4. The summed E-state index contributed by atoms with van der Waals surface area (Å²) in [6.45, 7) is 10.8. The molecule has 3 aromatic heterocycles. The first-order chi connectivity index (χ1) is 38.7. The second-order valence-corrected chi connectivity index (χ2v) is 22.3. The lowest BCUT2D eigenvalue weighted by atomic mass is 9.87. The van der Waals surface area contributed by atoms with Gasteiger partial charge in [-0.3, -0.25) is 0 Å². The molecule has 79 heavy (non-hydrogen) atoms. The lowest BCUT2D eigenvalue weighted by Gasteiger charge is -2.19. The smallest absolute Gasteiger partial charge is 0.0541 e. The van der Waals surface area contributed by atoms with Crippen molar-refractivity contribution in [3.05, 3.63) is 279 Å². The number of nitrogens with zero attached hydrogens (tertiary/aromatic N) is 3. The Hall–Kier alpha value is -9.96. The van der Waals surface area contributed by atoms with Crippen molar-refractivity contribution in [3.8, 4) is 61.6 Å². The second kappa shape index (κ2) is 18.1. The van der Waals surface area contributed by atoms with Gasteiger partial charge >= 0.3 is 0 Å². The van der Waals surface area contributed by atoms with Crippen LogP contribution >= 0.6 is 0 Å². The highest BCUT2D eigenvalue weighted by Crippen LogP contribution is 2.43. The van der Waals surface area contributed by atoms with Crippen LogP contribution in [-0.2, 0) is 5.41 Å². The lowest BCUT2D eigenvalue weighted by molar-refractivity contribution is 0.590. The van der Waals surface area contributed by atoms with E-state index in [2.05, 4.69) is 302 Å². The first-order valence-electron chi connectivity index (χ1n) is 27.4. The largest absolute Gasteiger partial charge is 0.309 e. The monoisotopic (exact) mass is 1010 g/mol. The van der Waals surface area contributed by atoms with Crippen LogP contribution in [0, 0.1) is 0 Å². The van der Waals surface area contributed by atoms with Gasteiger partial charge in [-0.05, 0) is 181 Å². The molecule has 0 aliphatic rings. The zero-order chi connectivity index (χ0) is 52.9. The third-order valence-corrected chi connectivity index (χ3v) is 16.5. The Morgan fingerprint density at radius 3 is 1.19 bits per heavy atom. The predicted octanol–water partition coefficient (Wildman–Crippen LogP) is 20.7. The van der Waals surface area contributed by atoms with Gasteiger partial charge in [-0.15, -0.1) is 0 Å². The highest BCUT2D eigenvalue weighted by atomic mass is 15.0. The Balaban J connectivity index is 0.968. The number of aromatic nitrogens is 3. The minimum absolute atomic E-state index is 0.0653. The van der Waals surface area contributed by atoms with Crippen LogP contribution in [0.2, 0.25) is 0 Å². The van der Waals surface area contributed by atoms with Gasteiger partial charge < -0.3 is 13.7 Å². The zero-order valence-electron chi connectivity index (χ0n) is 44.5. The molecule has 0 N–H and O–H groups in total. The molecule has 3 nitrogen and oxygen atoms in total. The molecule has 0 spiro atoms. The summed E-state index contributed by atoms with van der Waals surface area (Å²) in [5, 5.41) is 9.79. The summed E-state index contributed by atoms with van der Waals surface area (Å²) < 4.78 is 7.32. The van der Waals surface area contributed by atoms with E-state index < -0.39 is 0 Å². The summed E-state index contributed by atoms with van der Waals surface area (Å²) in [5.41, 5.74) is 22.3. The molecule has 15 aromatic rings. The third kappa shape index (κ3) is 7.72. The van der Waals surface area contributed by atoms with E-state index in [-0.39, 0.29) is 5.41 Å². The summed E-state index contributed by atoms with van der Waals surface area (Å²) in [6, 6.07) is 97.1. The lowest BCUT2D eigenvalue weighted by Crippen LogP contribution is -2.10. The second-order valence-electron chi connectivity index (χ2n) is 22.3. The molecule has 0 unspecified atom stereocenters. The minimum Gasteiger partial charge on any atom is -0.309 e. The van der Waals surface area contributed by atoms with Crippen molar-refractivity contribution < 1.29 is 0 Å². The van der Waals surface area contributed by atoms with Crippen LogP contribution in [0.5, 0.6) is 0 Å². The van der Waals surface area contributed by atoms with E-state index in [1.165, 1.54) is 93.0 Å². The summed E-state index contributed by atoms with van der Waals surface area (Å²) in [6.07, 6.45) is 1.90. The molecule has 0 bridgehead atoms. The van der Waals surface area contributed by atoms with Gasteiger partial charge in [0, 0.05) is 49.4 Å². The Bertz CT molecular complexity index is 4920. The molecular formula is C76H55N3. The maximum absolute atomic E-state index is 4.01. The van der Waals surface area contributed by atoms with Crippen LogP contribution in [-0.4, -0.2) is 13.7 Å². The van der Waals surface area contributed by atoms with Crippen molar-refractivity contribution in [1.82, 2.24) is 13.7 Å². The first-order valence-corrected chi connectivity index (χ1v) is 27.4.